The number of benzene rings is 1. The summed E-state index contributed by atoms with van der Waals surface area (Å²) in [5.74, 6) is 0.00469. The molecule has 1 aliphatic heterocycles. The number of aliphatic imine (C=N–C) groups is 1. The largest absolute Gasteiger partial charge is 0.484 e. The van der Waals surface area contributed by atoms with Crippen molar-refractivity contribution < 1.29 is 14.3 Å². The number of ether oxygens (including phenoxy) is 1. The summed E-state index contributed by atoms with van der Waals surface area (Å²) in [6, 6.07) is 7.11. The third kappa shape index (κ3) is 4.35. The zero-order valence-corrected chi connectivity index (χ0v) is 13.9. The smallest absolute Gasteiger partial charge is 0.266 e. The zero-order chi connectivity index (χ0) is 16.8. The second-order valence-electron chi connectivity index (χ2n) is 4.74. The number of nitrogens with two attached hydrogens (primary N) is 1. The van der Waals surface area contributed by atoms with Crippen LogP contribution in [0, 0.1) is 0 Å². The first-order chi connectivity index (χ1) is 11.0. The van der Waals surface area contributed by atoms with Gasteiger partial charge in [-0.15, -0.1) is 0 Å². The molecular formula is C16H19N3O3S. The molecule has 1 aromatic carbocycles. The van der Waals surface area contributed by atoms with E-state index in [1.54, 1.807) is 17.0 Å². The number of hydrogen-bond donors (Lipinski definition) is 1. The standard InChI is InChI=1S/C16H19N3O3S/c1-3-18-16-19(4-2)15(21)13(23-16)9-11-5-7-12(8-6-11)22-10-14(17)20/h5-9H,3-4,10H2,1-2H3,(H2,17,20). The Morgan fingerprint density at radius 1 is 1.35 bits per heavy atom. The molecule has 1 aliphatic rings. The van der Waals surface area contributed by atoms with Crippen LogP contribution in [0.2, 0.25) is 0 Å². The van der Waals surface area contributed by atoms with E-state index in [4.69, 9.17) is 10.5 Å². The lowest BCUT2D eigenvalue weighted by atomic mass is 10.2. The summed E-state index contributed by atoms with van der Waals surface area (Å²) in [7, 11) is 0. The third-order valence-corrected chi connectivity index (χ3v) is 4.10. The first-order valence-electron chi connectivity index (χ1n) is 7.32. The van der Waals surface area contributed by atoms with Crippen LogP contribution in [-0.4, -0.2) is 41.6 Å². The SMILES string of the molecule is CCN=C1SC(=Cc2ccc(OCC(N)=O)cc2)C(=O)N1CC. The number of rotatable bonds is 6. The molecule has 0 spiro atoms. The van der Waals surface area contributed by atoms with E-state index >= 15 is 0 Å². The van der Waals surface area contributed by atoms with E-state index in [-0.39, 0.29) is 12.5 Å². The maximum atomic E-state index is 12.4. The molecule has 0 aliphatic carbocycles. The van der Waals surface area contributed by atoms with Crippen molar-refractivity contribution in [3.63, 3.8) is 0 Å². The van der Waals surface area contributed by atoms with Gasteiger partial charge in [0.15, 0.2) is 11.8 Å². The Kier molecular flexibility index (Phi) is 5.81. The zero-order valence-electron chi connectivity index (χ0n) is 13.1. The van der Waals surface area contributed by atoms with Crippen LogP contribution >= 0.6 is 11.8 Å². The average Bonchev–Trinajstić information content (AvgIpc) is 2.82. The summed E-state index contributed by atoms with van der Waals surface area (Å²) in [5.41, 5.74) is 5.90. The molecule has 0 saturated carbocycles. The quantitative estimate of drug-likeness (QED) is 0.805. The van der Waals surface area contributed by atoms with Crippen LogP contribution in [0.3, 0.4) is 0 Å². The minimum absolute atomic E-state index is 0.0289. The number of thioether (sulfide) groups is 1. The second-order valence-corrected chi connectivity index (χ2v) is 5.75. The number of hydrogen-bond acceptors (Lipinski definition) is 5. The van der Waals surface area contributed by atoms with Crippen molar-refractivity contribution in [3.8, 4) is 5.75 Å². The lowest BCUT2D eigenvalue weighted by molar-refractivity contribution is -0.122. The van der Waals surface area contributed by atoms with Crippen LogP contribution in [0.25, 0.3) is 6.08 Å². The third-order valence-electron chi connectivity index (χ3n) is 3.06. The minimum Gasteiger partial charge on any atom is -0.484 e. The van der Waals surface area contributed by atoms with Crippen LogP contribution in [0.1, 0.15) is 19.4 Å². The number of primary amides is 1. The fraction of sp³-hybridized carbons (Fsp3) is 0.312. The first-order valence-corrected chi connectivity index (χ1v) is 8.13. The molecule has 2 amide bonds. The van der Waals surface area contributed by atoms with Crippen molar-refractivity contribution in [2.24, 2.45) is 10.7 Å². The van der Waals surface area contributed by atoms with Crippen molar-refractivity contribution in [1.29, 1.82) is 0 Å². The van der Waals surface area contributed by atoms with Gasteiger partial charge in [0.1, 0.15) is 5.75 Å². The monoisotopic (exact) mass is 333 g/mol. The normalized spacial score (nSPS) is 18.0. The van der Waals surface area contributed by atoms with Crippen molar-refractivity contribution in [2.45, 2.75) is 13.8 Å². The number of amides is 2. The number of amidine groups is 1. The highest BCUT2D eigenvalue weighted by Gasteiger charge is 2.31. The fourth-order valence-electron chi connectivity index (χ4n) is 2.01. The molecule has 1 heterocycles. The van der Waals surface area contributed by atoms with Gasteiger partial charge in [-0.05, 0) is 49.4 Å². The maximum Gasteiger partial charge on any atom is 0.266 e. The Morgan fingerprint density at radius 3 is 2.61 bits per heavy atom. The van der Waals surface area contributed by atoms with Crippen molar-refractivity contribution in [1.82, 2.24) is 4.90 Å². The van der Waals surface area contributed by atoms with E-state index in [1.807, 2.05) is 32.1 Å². The van der Waals surface area contributed by atoms with Gasteiger partial charge in [-0.2, -0.15) is 0 Å². The summed E-state index contributed by atoms with van der Waals surface area (Å²) in [5, 5.41) is 0.743. The van der Waals surface area contributed by atoms with Crippen LogP contribution in [-0.2, 0) is 9.59 Å². The van der Waals surface area contributed by atoms with E-state index in [1.165, 1.54) is 11.8 Å². The Hall–Kier alpha value is -2.28. The molecule has 6 nitrogen and oxygen atoms in total. The van der Waals surface area contributed by atoms with Crippen LogP contribution in [0.15, 0.2) is 34.2 Å². The Balaban J connectivity index is 2.13. The summed E-state index contributed by atoms with van der Waals surface area (Å²) in [6.07, 6.45) is 1.83. The summed E-state index contributed by atoms with van der Waals surface area (Å²) >= 11 is 1.38. The maximum absolute atomic E-state index is 12.4. The van der Waals surface area contributed by atoms with Gasteiger partial charge in [-0.25, -0.2) is 0 Å². The number of carbonyl (C=O) groups is 2. The Morgan fingerprint density at radius 2 is 2.04 bits per heavy atom. The second kappa shape index (κ2) is 7.82. The molecule has 1 saturated heterocycles. The van der Waals surface area contributed by atoms with Crippen LogP contribution < -0.4 is 10.5 Å². The molecule has 23 heavy (non-hydrogen) atoms. The molecule has 2 rings (SSSR count). The summed E-state index contributed by atoms with van der Waals surface area (Å²) in [4.78, 5) is 29.7. The predicted molar refractivity (Wildman–Crippen MR) is 92.1 cm³/mol. The van der Waals surface area contributed by atoms with Gasteiger partial charge in [0, 0.05) is 13.1 Å². The van der Waals surface area contributed by atoms with E-state index in [0.29, 0.717) is 23.7 Å². The minimum atomic E-state index is -0.522. The van der Waals surface area contributed by atoms with Gasteiger partial charge in [0.05, 0.1) is 4.91 Å². The summed E-state index contributed by atoms with van der Waals surface area (Å²) < 4.78 is 5.20. The van der Waals surface area contributed by atoms with Gasteiger partial charge >= 0.3 is 0 Å². The van der Waals surface area contributed by atoms with E-state index < -0.39 is 5.91 Å². The molecule has 0 aromatic heterocycles. The number of carbonyl (C=O) groups excluding carboxylic acids is 2. The average molecular weight is 333 g/mol. The van der Waals surface area contributed by atoms with Gasteiger partial charge in [0.25, 0.3) is 11.8 Å². The molecular weight excluding hydrogens is 314 g/mol. The lowest BCUT2D eigenvalue weighted by Gasteiger charge is -2.11. The van der Waals surface area contributed by atoms with Crippen molar-refractivity contribution >= 4 is 34.8 Å². The molecule has 7 heteroatoms. The molecule has 0 unspecified atom stereocenters. The first kappa shape index (κ1) is 17.1. The highest BCUT2D eigenvalue weighted by atomic mass is 32.2. The summed E-state index contributed by atoms with van der Waals surface area (Å²) in [6.45, 7) is 4.96. The van der Waals surface area contributed by atoms with E-state index in [0.717, 1.165) is 10.7 Å². The molecule has 1 fully saturated rings. The van der Waals surface area contributed by atoms with Gasteiger partial charge in [-0.3, -0.25) is 19.5 Å². The Bertz CT molecular complexity index is 653. The molecule has 0 atom stereocenters. The molecule has 122 valence electrons. The van der Waals surface area contributed by atoms with Crippen LogP contribution in [0.5, 0.6) is 5.75 Å². The topological polar surface area (TPSA) is 85.0 Å². The van der Waals surface area contributed by atoms with Gasteiger partial charge in [0.2, 0.25) is 0 Å². The molecule has 0 radical (unpaired) electrons. The highest BCUT2D eigenvalue weighted by molar-refractivity contribution is 8.18. The van der Waals surface area contributed by atoms with Gasteiger partial charge < -0.3 is 10.5 Å². The lowest BCUT2D eigenvalue weighted by Crippen LogP contribution is -2.28. The molecule has 1 aromatic rings. The van der Waals surface area contributed by atoms with Crippen molar-refractivity contribution in [2.75, 3.05) is 19.7 Å². The highest BCUT2D eigenvalue weighted by Crippen LogP contribution is 2.32. The van der Waals surface area contributed by atoms with Gasteiger partial charge in [-0.1, -0.05) is 12.1 Å². The number of nitrogens with zero attached hydrogens (tertiary/aromatic N) is 2. The predicted octanol–water partition coefficient (Wildman–Crippen LogP) is 1.86. The number of likely N-dealkylation sites (N-methyl/N-ethyl adjacent to an activating group) is 1. The fourth-order valence-corrected chi connectivity index (χ4v) is 3.11. The molecule has 0 bridgehead atoms. The Labute approximate surface area is 139 Å². The van der Waals surface area contributed by atoms with Crippen molar-refractivity contribution in [3.05, 3.63) is 34.7 Å². The molecule has 2 N–H and O–H groups in total. The van der Waals surface area contributed by atoms with E-state index in [9.17, 15) is 9.59 Å². The van der Waals surface area contributed by atoms with E-state index in [2.05, 4.69) is 4.99 Å². The van der Waals surface area contributed by atoms with Crippen LogP contribution in [0.4, 0.5) is 0 Å².